The van der Waals surface area contributed by atoms with Crippen molar-refractivity contribution in [2.45, 2.75) is 39.0 Å². The first-order valence-electron chi connectivity index (χ1n) is 8.87. The van der Waals surface area contributed by atoms with Gasteiger partial charge in [0.05, 0.1) is 13.0 Å². The molecule has 0 saturated carbocycles. The monoisotopic (exact) mass is 342 g/mol. The van der Waals surface area contributed by atoms with E-state index in [1.807, 2.05) is 35.6 Å². The van der Waals surface area contributed by atoms with Crippen LogP contribution in [0.3, 0.4) is 0 Å². The number of ether oxygens (including phenoxy) is 1. The molecule has 0 spiro atoms. The van der Waals surface area contributed by atoms with Gasteiger partial charge in [-0.3, -0.25) is 4.79 Å². The van der Waals surface area contributed by atoms with Crippen LogP contribution in [-0.2, 0) is 11.8 Å². The fourth-order valence-electron chi connectivity index (χ4n) is 3.36. The molecule has 0 radical (unpaired) electrons. The van der Waals surface area contributed by atoms with Gasteiger partial charge >= 0.3 is 0 Å². The van der Waals surface area contributed by atoms with Crippen molar-refractivity contribution in [2.75, 3.05) is 19.7 Å². The normalized spacial score (nSPS) is 17.6. The van der Waals surface area contributed by atoms with E-state index in [-0.39, 0.29) is 11.8 Å². The smallest absolute Gasteiger partial charge is 0.226 e. The lowest BCUT2D eigenvalue weighted by molar-refractivity contribution is -0.133. The van der Waals surface area contributed by atoms with Crippen molar-refractivity contribution >= 4 is 5.91 Å². The van der Waals surface area contributed by atoms with E-state index in [0.29, 0.717) is 13.0 Å². The van der Waals surface area contributed by atoms with Crippen molar-refractivity contribution in [2.24, 2.45) is 7.05 Å². The summed E-state index contributed by atoms with van der Waals surface area (Å²) in [6, 6.07) is 6.00. The van der Waals surface area contributed by atoms with E-state index >= 15 is 0 Å². The van der Waals surface area contributed by atoms with Gasteiger partial charge in [-0.1, -0.05) is 12.1 Å². The van der Waals surface area contributed by atoms with Crippen molar-refractivity contribution in [3.05, 3.63) is 41.5 Å². The highest BCUT2D eigenvalue weighted by Crippen LogP contribution is 2.25. The number of hydrogen-bond acceptors (Lipinski definition) is 4. The third-order valence-electron chi connectivity index (χ3n) is 5.01. The van der Waals surface area contributed by atoms with Crippen LogP contribution in [0.1, 0.15) is 42.1 Å². The van der Waals surface area contributed by atoms with Gasteiger partial charge in [-0.25, -0.2) is 0 Å². The molecule has 1 amide bonds. The number of carbonyl (C=O) groups excluding carboxylic acids is 1. The molecule has 1 aliphatic rings. The Morgan fingerprint density at radius 1 is 1.36 bits per heavy atom. The molecule has 1 saturated heterocycles. The van der Waals surface area contributed by atoms with Gasteiger partial charge < -0.3 is 14.2 Å². The first-order valence-corrected chi connectivity index (χ1v) is 8.87. The minimum absolute atomic E-state index is 0.150. The molecule has 0 bridgehead atoms. The molecule has 3 rings (SSSR count). The van der Waals surface area contributed by atoms with Crippen LogP contribution in [-0.4, -0.2) is 45.3 Å². The quantitative estimate of drug-likeness (QED) is 0.838. The summed E-state index contributed by atoms with van der Waals surface area (Å²) in [7, 11) is 1.95. The highest BCUT2D eigenvalue weighted by Gasteiger charge is 2.27. The lowest BCUT2D eigenvalue weighted by Gasteiger charge is -2.32. The number of piperidine rings is 1. The van der Waals surface area contributed by atoms with Crippen LogP contribution in [0.15, 0.2) is 24.5 Å². The molecule has 2 aromatic rings. The van der Waals surface area contributed by atoms with Gasteiger partial charge in [0.15, 0.2) is 0 Å². The van der Waals surface area contributed by atoms with E-state index in [1.165, 1.54) is 5.56 Å². The highest BCUT2D eigenvalue weighted by molar-refractivity contribution is 5.76. The van der Waals surface area contributed by atoms with Crippen LogP contribution in [0.25, 0.3) is 0 Å². The third kappa shape index (κ3) is 4.00. The summed E-state index contributed by atoms with van der Waals surface area (Å²) in [6.45, 7) is 6.05. The average molecular weight is 342 g/mol. The predicted molar refractivity (Wildman–Crippen MR) is 95.6 cm³/mol. The SMILES string of the molecule is Cc1cccc(OCCC(=O)N2CCC[C@@H](c3nncn3C)C2)c1C. The minimum Gasteiger partial charge on any atom is -0.493 e. The fourth-order valence-corrected chi connectivity index (χ4v) is 3.36. The molecule has 6 heteroatoms. The Balaban J connectivity index is 1.53. The number of amides is 1. The summed E-state index contributed by atoms with van der Waals surface area (Å²) < 4.78 is 7.77. The Hall–Kier alpha value is -2.37. The summed E-state index contributed by atoms with van der Waals surface area (Å²) in [5.41, 5.74) is 2.33. The molecule has 0 aliphatic carbocycles. The first-order chi connectivity index (χ1) is 12.1. The van der Waals surface area contributed by atoms with E-state index in [1.54, 1.807) is 6.33 Å². The number of aryl methyl sites for hydroxylation is 2. The minimum atomic E-state index is 0.150. The van der Waals surface area contributed by atoms with E-state index < -0.39 is 0 Å². The van der Waals surface area contributed by atoms with Gasteiger partial charge in [0, 0.05) is 26.1 Å². The second kappa shape index (κ2) is 7.68. The second-order valence-electron chi connectivity index (χ2n) is 6.78. The topological polar surface area (TPSA) is 60.2 Å². The number of carbonyl (C=O) groups is 1. The lowest BCUT2D eigenvalue weighted by Crippen LogP contribution is -2.40. The number of likely N-dealkylation sites (tertiary alicyclic amines) is 1. The molecule has 25 heavy (non-hydrogen) atoms. The Labute approximate surface area is 148 Å². The molecule has 134 valence electrons. The summed E-state index contributed by atoms with van der Waals surface area (Å²) in [4.78, 5) is 14.5. The van der Waals surface area contributed by atoms with Crippen molar-refractivity contribution < 1.29 is 9.53 Å². The zero-order valence-electron chi connectivity index (χ0n) is 15.2. The van der Waals surface area contributed by atoms with Crippen LogP contribution in [0.5, 0.6) is 5.75 Å². The molecular weight excluding hydrogens is 316 g/mol. The molecule has 0 N–H and O–H groups in total. The largest absolute Gasteiger partial charge is 0.493 e. The third-order valence-corrected chi connectivity index (χ3v) is 5.01. The Morgan fingerprint density at radius 3 is 2.96 bits per heavy atom. The van der Waals surface area contributed by atoms with Crippen molar-refractivity contribution in [1.29, 1.82) is 0 Å². The van der Waals surface area contributed by atoms with E-state index in [2.05, 4.69) is 23.2 Å². The van der Waals surface area contributed by atoms with Crippen molar-refractivity contribution in [3.63, 3.8) is 0 Å². The molecule has 1 atom stereocenters. The van der Waals surface area contributed by atoms with E-state index in [4.69, 9.17) is 4.74 Å². The molecule has 1 fully saturated rings. The van der Waals surface area contributed by atoms with Gasteiger partial charge in [-0.15, -0.1) is 10.2 Å². The number of hydrogen-bond donors (Lipinski definition) is 0. The zero-order valence-corrected chi connectivity index (χ0v) is 15.2. The maximum Gasteiger partial charge on any atom is 0.226 e. The van der Waals surface area contributed by atoms with Crippen molar-refractivity contribution in [3.8, 4) is 5.75 Å². The molecule has 2 heterocycles. The van der Waals surface area contributed by atoms with Gasteiger partial charge in [0.2, 0.25) is 5.91 Å². The standard InChI is InChI=1S/C19H26N4O2/c1-14-6-4-8-17(15(14)2)25-11-9-18(24)23-10-5-7-16(12-23)19-21-20-13-22(19)3/h4,6,8,13,16H,5,7,9-12H2,1-3H3/t16-/m1/s1. The maximum absolute atomic E-state index is 12.5. The van der Waals surface area contributed by atoms with Crippen molar-refractivity contribution in [1.82, 2.24) is 19.7 Å². The molecule has 1 aliphatic heterocycles. The molecule has 1 aromatic heterocycles. The molecule has 0 unspecified atom stereocenters. The number of rotatable bonds is 5. The van der Waals surface area contributed by atoms with Crippen LogP contribution in [0.4, 0.5) is 0 Å². The molecule has 1 aromatic carbocycles. The van der Waals surface area contributed by atoms with E-state index in [9.17, 15) is 4.79 Å². The fraction of sp³-hybridized carbons (Fsp3) is 0.526. The second-order valence-corrected chi connectivity index (χ2v) is 6.78. The van der Waals surface area contributed by atoms with Gasteiger partial charge in [-0.2, -0.15) is 0 Å². The summed E-state index contributed by atoms with van der Waals surface area (Å²) in [5, 5.41) is 8.16. The summed E-state index contributed by atoms with van der Waals surface area (Å²) in [5.74, 6) is 2.25. The number of aromatic nitrogens is 3. The predicted octanol–water partition coefficient (Wildman–Crippen LogP) is 2.61. The Morgan fingerprint density at radius 2 is 2.20 bits per heavy atom. The van der Waals surface area contributed by atoms with Crippen LogP contribution in [0.2, 0.25) is 0 Å². The van der Waals surface area contributed by atoms with Crippen LogP contribution >= 0.6 is 0 Å². The average Bonchev–Trinajstić information content (AvgIpc) is 3.04. The number of nitrogens with zero attached hydrogens (tertiary/aromatic N) is 4. The van der Waals surface area contributed by atoms with Gasteiger partial charge in [0.25, 0.3) is 0 Å². The van der Waals surface area contributed by atoms with E-state index in [0.717, 1.165) is 43.1 Å². The van der Waals surface area contributed by atoms with Crippen LogP contribution < -0.4 is 4.74 Å². The lowest BCUT2D eigenvalue weighted by atomic mass is 9.97. The summed E-state index contributed by atoms with van der Waals surface area (Å²) in [6.07, 6.45) is 4.17. The summed E-state index contributed by atoms with van der Waals surface area (Å²) >= 11 is 0. The van der Waals surface area contributed by atoms with Gasteiger partial charge in [-0.05, 0) is 43.9 Å². The Bertz CT molecular complexity index is 741. The molecular formula is C19H26N4O2. The zero-order chi connectivity index (χ0) is 17.8. The molecule has 6 nitrogen and oxygen atoms in total. The maximum atomic E-state index is 12.5. The highest BCUT2D eigenvalue weighted by atomic mass is 16.5. The van der Waals surface area contributed by atoms with Crippen LogP contribution in [0, 0.1) is 13.8 Å². The first kappa shape index (κ1) is 17.5. The van der Waals surface area contributed by atoms with Gasteiger partial charge in [0.1, 0.15) is 17.9 Å². The number of benzene rings is 1. The Kier molecular flexibility index (Phi) is 5.36.